The molecule has 0 aromatic carbocycles. The fraction of sp³-hybridized carbons (Fsp3) is 0.818. The Labute approximate surface area is 109 Å². The monoisotopic (exact) mass is 263 g/mol. The molecule has 17 heavy (non-hydrogen) atoms. The molecule has 1 heterocycles. The second-order valence-corrected chi connectivity index (χ2v) is 5.53. The van der Waals surface area contributed by atoms with Gasteiger partial charge in [-0.2, -0.15) is 0 Å². The van der Waals surface area contributed by atoms with Gasteiger partial charge in [-0.05, 0) is 5.41 Å². The number of rotatable bonds is 2. The third-order valence-corrected chi connectivity index (χ3v) is 2.90. The van der Waals surface area contributed by atoms with Crippen LogP contribution in [0, 0.1) is 5.41 Å². The summed E-state index contributed by atoms with van der Waals surface area (Å²) in [6, 6.07) is -0.646. The van der Waals surface area contributed by atoms with Crippen LogP contribution < -0.4 is 11.1 Å². The van der Waals surface area contributed by atoms with Gasteiger partial charge in [0.1, 0.15) is 0 Å². The van der Waals surface area contributed by atoms with E-state index in [4.69, 9.17) is 5.73 Å². The second-order valence-electron chi connectivity index (χ2n) is 5.53. The summed E-state index contributed by atoms with van der Waals surface area (Å²) in [6.45, 7) is 6.33. The van der Waals surface area contributed by atoms with Crippen molar-refractivity contribution in [1.82, 2.24) is 10.2 Å². The number of hydrogen-bond acceptors (Lipinski definition) is 3. The Bertz CT molecular complexity index is 302. The molecule has 1 saturated heterocycles. The van der Waals surface area contributed by atoms with E-state index in [-0.39, 0.29) is 35.7 Å². The molecule has 1 fully saturated rings. The normalized spacial score (nSPS) is 22.1. The summed E-state index contributed by atoms with van der Waals surface area (Å²) in [7, 11) is 1.73. The first-order valence-corrected chi connectivity index (χ1v) is 5.51. The molecule has 0 aromatic heterocycles. The lowest BCUT2D eigenvalue weighted by Crippen LogP contribution is -2.51. The average Bonchev–Trinajstić information content (AvgIpc) is 2.43. The fourth-order valence-electron chi connectivity index (χ4n) is 1.64. The van der Waals surface area contributed by atoms with Crippen LogP contribution in [0.2, 0.25) is 0 Å². The van der Waals surface area contributed by atoms with E-state index in [0.29, 0.717) is 13.0 Å². The van der Waals surface area contributed by atoms with E-state index >= 15 is 0 Å². The zero-order chi connectivity index (χ0) is 12.5. The smallest absolute Gasteiger partial charge is 0.237 e. The molecule has 0 spiro atoms. The molecule has 1 unspecified atom stereocenters. The van der Waals surface area contributed by atoms with Crippen LogP contribution in [0.1, 0.15) is 27.2 Å². The maximum Gasteiger partial charge on any atom is 0.237 e. The molecule has 0 aliphatic carbocycles. The summed E-state index contributed by atoms with van der Waals surface area (Å²) < 4.78 is 0. The van der Waals surface area contributed by atoms with Crippen LogP contribution in [0.15, 0.2) is 0 Å². The summed E-state index contributed by atoms with van der Waals surface area (Å²) in [5.41, 5.74) is 5.57. The first-order valence-electron chi connectivity index (χ1n) is 5.51. The molecule has 0 aromatic rings. The number of likely N-dealkylation sites (tertiary alicyclic amines) is 1. The van der Waals surface area contributed by atoms with Gasteiger partial charge in [-0.25, -0.2) is 0 Å². The van der Waals surface area contributed by atoms with Gasteiger partial charge in [-0.3, -0.25) is 9.59 Å². The zero-order valence-corrected chi connectivity index (χ0v) is 11.6. The number of amides is 2. The Hall–Kier alpha value is -0.810. The quantitative estimate of drug-likeness (QED) is 0.744. The van der Waals surface area contributed by atoms with Gasteiger partial charge in [0.25, 0.3) is 0 Å². The van der Waals surface area contributed by atoms with Gasteiger partial charge in [0.15, 0.2) is 0 Å². The van der Waals surface area contributed by atoms with Crippen molar-refractivity contribution in [2.45, 2.75) is 39.3 Å². The van der Waals surface area contributed by atoms with Gasteiger partial charge in [0.2, 0.25) is 11.8 Å². The number of halogens is 1. The highest BCUT2D eigenvalue weighted by molar-refractivity contribution is 5.85. The van der Waals surface area contributed by atoms with E-state index < -0.39 is 6.04 Å². The number of hydrogen-bond donors (Lipinski definition) is 2. The van der Waals surface area contributed by atoms with Crippen molar-refractivity contribution in [2.24, 2.45) is 11.1 Å². The second kappa shape index (κ2) is 5.69. The number of nitrogens with zero attached hydrogens (tertiary/aromatic N) is 1. The number of carbonyl (C=O) groups is 2. The Morgan fingerprint density at radius 3 is 2.41 bits per heavy atom. The summed E-state index contributed by atoms with van der Waals surface area (Å²) in [5.74, 6) is -0.116. The van der Waals surface area contributed by atoms with Crippen molar-refractivity contribution in [3.05, 3.63) is 0 Å². The van der Waals surface area contributed by atoms with Crippen molar-refractivity contribution < 1.29 is 9.59 Å². The first kappa shape index (κ1) is 16.2. The number of nitrogens with one attached hydrogen (secondary N) is 1. The summed E-state index contributed by atoms with van der Waals surface area (Å²) in [5, 5.41) is 2.82. The molecule has 6 heteroatoms. The van der Waals surface area contributed by atoms with Crippen LogP contribution in [0.3, 0.4) is 0 Å². The highest BCUT2D eigenvalue weighted by Gasteiger charge is 2.32. The lowest BCUT2D eigenvalue weighted by Gasteiger charge is -2.27. The third-order valence-electron chi connectivity index (χ3n) is 2.90. The standard InChI is InChI=1S/C11H21N3O2.ClH/c1-11(2,3)9(12)10(16)13-7-5-8(15)14(4)6-7;/h7,9H,5-6,12H2,1-4H3,(H,13,16);1H/t7?,9-;/m1./s1. The molecular weight excluding hydrogens is 242 g/mol. The molecule has 0 bridgehead atoms. The zero-order valence-electron chi connectivity index (χ0n) is 10.8. The molecule has 0 radical (unpaired) electrons. The summed E-state index contributed by atoms with van der Waals surface area (Å²) in [6.07, 6.45) is 0.374. The van der Waals surface area contributed by atoms with Crippen molar-refractivity contribution >= 4 is 24.2 Å². The van der Waals surface area contributed by atoms with Crippen LogP contribution in [-0.2, 0) is 9.59 Å². The highest BCUT2D eigenvalue weighted by atomic mass is 35.5. The number of nitrogens with two attached hydrogens (primary N) is 1. The van der Waals surface area contributed by atoms with Gasteiger partial charge < -0.3 is 16.0 Å². The van der Waals surface area contributed by atoms with Crippen molar-refractivity contribution in [3.63, 3.8) is 0 Å². The van der Waals surface area contributed by atoms with Crippen LogP contribution in [-0.4, -0.2) is 42.4 Å². The van der Waals surface area contributed by atoms with Gasteiger partial charge in [0, 0.05) is 20.0 Å². The van der Waals surface area contributed by atoms with Crippen LogP contribution in [0.5, 0.6) is 0 Å². The molecule has 0 saturated carbocycles. The minimum atomic E-state index is -0.548. The largest absolute Gasteiger partial charge is 0.350 e. The van der Waals surface area contributed by atoms with E-state index in [2.05, 4.69) is 5.32 Å². The molecule has 1 rings (SSSR count). The van der Waals surface area contributed by atoms with Crippen LogP contribution in [0.25, 0.3) is 0 Å². The van der Waals surface area contributed by atoms with E-state index in [9.17, 15) is 9.59 Å². The molecule has 1 aliphatic rings. The lowest BCUT2D eigenvalue weighted by molar-refractivity contribution is -0.126. The van der Waals surface area contributed by atoms with Gasteiger partial charge in [0.05, 0.1) is 12.1 Å². The minimum Gasteiger partial charge on any atom is -0.350 e. The number of likely N-dealkylation sites (N-methyl/N-ethyl adjacent to an activating group) is 1. The molecule has 5 nitrogen and oxygen atoms in total. The van der Waals surface area contributed by atoms with Gasteiger partial charge in [-0.15, -0.1) is 12.4 Å². The topological polar surface area (TPSA) is 75.4 Å². The Kier molecular flexibility index (Phi) is 5.42. The van der Waals surface area contributed by atoms with Gasteiger partial charge in [-0.1, -0.05) is 20.8 Å². The van der Waals surface area contributed by atoms with Crippen molar-refractivity contribution in [1.29, 1.82) is 0 Å². The molecule has 2 amide bonds. The number of carbonyl (C=O) groups excluding carboxylic acids is 2. The molecule has 100 valence electrons. The van der Waals surface area contributed by atoms with E-state index in [1.165, 1.54) is 0 Å². The third kappa shape index (κ3) is 4.16. The minimum absolute atomic E-state index is 0. The Morgan fingerprint density at radius 2 is 2.06 bits per heavy atom. The summed E-state index contributed by atoms with van der Waals surface area (Å²) in [4.78, 5) is 24.7. The molecule has 2 atom stereocenters. The van der Waals surface area contributed by atoms with E-state index in [1.807, 2.05) is 20.8 Å². The molecular formula is C11H22ClN3O2. The predicted molar refractivity (Wildman–Crippen MR) is 68.9 cm³/mol. The Morgan fingerprint density at radius 1 is 1.53 bits per heavy atom. The fourth-order valence-corrected chi connectivity index (χ4v) is 1.64. The van der Waals surface area contributed by atoms with Crippen LogP contribution in [0.4, 0.5) is 0 Å². The molecule has 3 N–H and O–H groups in total. The SMILES string of the molecule is CN1CC(NC(=O)[C@@H](N)C(C)(C)C)CC1=O.Cl. The maximum atomic E-state index is 11.8. The lowest BCUT2D eigenvalue weighted by atomic mass is 9.87. The predicted octanol–water partition coefficient (Wildman–Crippen LogP) is 0.129. The van der Waals surface area contributed by atoms with E-state index in [1.54, 1.807) is 11.9 Å². The molecule has 1 aliphatic heterocycles. The maximum absolute atomic E-state index is 11.8. The van der Waals surface area contributed by atoms with Crippen molar-refractivity contribution in [3.8, 4) is 0 Å². The highest BCUT2D eigenvalue weighted by Crippen LogP contribution is 2.18. The summed E-state index contributed by atoms with van der Waals surface area (Å²) >= 11 is 0. The van der Waals surface area contributed by atoms with Crippen LogP contribution >= 0.6 is 12.4 Å². The Balaban J connectivity index is 0.00000256. The van der Waals surface area contributed by atoms with Crippen molar-refractivity contribution in [2.75, 3.05) is 13.6 Å². The average molecular weight is 264 g/mol. The van der Waals surface area contributed by atoms with Gasteiger partial charge >= 0.3 is 0 Å². The van der Waals surface area contributed by atoms with E-state index in [0.717, 1.165) is 0 Å². The first-order chi connectivity index (χ1) is 7.21.